The molecule has 6 heteroatoms. The molecule has 0 fully saturated rings. The Morgan fingerprint density at radius 3 is 3.06 bits per heavy atom. The van der Waals surface area contributed by atoms with E-state index in [0.717, 1.165) is 5.56 Å². The van der Waals surface area contributed by atoms with Crippen molar-refractivity contribution in [2.75, 3.05) is 26.8 Å². The summed E-state index contributed by atoms with van der Waals surface area (Å²) in [5.74, 6) is 0. The number of ether oxygens (including phenoxy) is 1. The quantitative estimate of drug-likeness (QED) is 0.608. The van der Waals surface area contributed by atoms with Gasteiger partial charge in [0.25, 0.3) is 5.56 Å². The fourth-order valence-corrected chi connectivity index (χ4v) is 1.37. The van der Waals surface area contributed by atoms with Crippen LogP contribution in [0.3, 0.4) is 0 Å². The van der Waals surface area contributed by atoms with Crippen LogP contribution in [-0.2, 0) is 11.3 Å². The summed E-state index contributed by atoms with van der Waals surface area (Å²) in [6.45, 7) is 3.67. The van der Waals surface area contributed by atoms with Crippen molar-refractivity contribution >= 4 is 0 Å². The first-order chi connectivity index (χ1) is 8.13. The molecule has 1 rings (SSSR count). The Labute approximate surface area is 100 Å². The second-order valence-corrected chi connectivity index (χ2v) is 3.90. The van der Waals surface area contributed by atoms with Gasteiger partial charge in [0, 0.05) is 26.3 Å². The molecule has 17 heavy (non-hydrogen) atoms. The van der Waals surface area contributed by atoms with Crippen LogP contribution in [0.1, 0.15) is 5.56 Å². The molecule has 0 bridgehead atoms. The first-order valence-corrected chi connectivity index (χ1v) is 5.55. The molecule has 1 aromatic rings. The lowest BCUT2D eigenvalue weighted by Crippen LogP contribution is -2.35. The Balaban J connectivity index is 2.39. The lowest BCUT2D eigenvalue weighted by atomic mass is 10.3. The Kier molecular flexibility index (Phi) is 5.82. The van der Waals surface area contributed by atoms with E-state index in [9.17, 15) is 9.90 Å². The Hall–Kier alpha value is -1.24. The van der Waals surface area contributed by atoms with Crippen LogP contribution in [0.4, 0.5) is 0 Å². The van der Waals surface area contributed by atoms with Crippen LogP contribution in [0.15, 0.2) is 17.1 Å². The minimum Gasteiger partial charge on any atom is -0.390 e. The molecule has 6 nitrogen and oxygen atoms in total. The zero-order chi connectivity index (χ0) is 12.7. The van der Waals surface area contributed by atoms with Crippen molar-refractivity contribution in [1.29, 1.82) is 0 Å². The van der Waals surface area contributed by atoms with Gasteiger partial charge in [-0.05, 0) is 12.5 Å². The fraction of sp³-hybridized carbons (Fsp3) is 0.636. The second-order valence-electron chi connectivity index (χ2n) is 3.90. The highest BCUT2D eigenvalue weighted by atomic mass is 16.5. The van der Waals surface area contributed by atoms with E-state index in [-0.39, 0.29) is 12.1 Å². The summed E-state index contributed by atoms with van der Waals surface area (Å²) in [4.78, 5) is 11.5. The van der Waals surface area contributed by atoms with Crippen molar-refractivity contribution < 1.29 is 9.84 Å². The Bertz CT molecular complexity index is 392. The summed E-state index contributed by atoms with van der Waals surface area (Å²) in [6.07, 6.45) is 0.965. The average molecular weight is 241 g/mol. The first kappa shape index (κ1) is 13.8. The molecule has 0 radical (unpaired) electrons. The molecule has 1 atom stereocenters. The van der Waals surface area contributed by atoms with E-state index < -0.39 is 6.10 Å². The summed E-state index contributed by atoms with van der Waals surface area (Å²) in [7, 11) is 1.62. The molecular weight excluding hydrogens is 222 g/mol. The van der Waals surface area contributed by atoms with Crippen molar-refractivity contribution in [2.24, 2.45) is 0 Å². The summed E-state index contributed by atoms with van der Waals surface area (Å²) in [5, 5.41) is 16.7. The molecule has 96 valence electrons. The normalized spacial score (nSPS) is 12.6. The van der Waals surface area contributed by atoms with Crippen molar-refractivity contribution in [3.05, 3.63) is 28.2 Å². The number of aromatic nitrogens is 2. The van der Waals surface area contributed by atoms with E-state index in [1.807, 2.05) is 6.92 Å². The number of nitrogens with one attached hydrogen (secondary N) is 1. The van der Waals surface area contributed by atoms with E-state index in [1.165, 1.54) is 10.7 Å². The van der Waals surface area contributed by atoms with Gasteiger partial charge in [0.2, 0.25) is 0 Å². The number of aliphatic hydroxyl groups excluding tert-OH is 1. The minimum atomic E-state index is -0.639. The molecule has 0 aliphatic carbocycles. The third kappa shape index (κ3) is 5.08. The molecule has 1 aromatic heterocycles. The maximum atomic E-state index is 11.5. The smallest absolute Gasteiger partial charge is 0.267 e. The SMILES string of the molecule is COCCNCC(O)Cn1ncc(C)cc1=O. The van der Waals surface area contributed by atoms with Crippen LogP contribution < -0.4 is 10.9 Å². The number of rotatable bonds is 7. The number of aliphatic hydroxyl groups is 1. The average Bonchev–Trinajstić information content (AvgIpc) is 2.28. The molecule has 0 aliphatic heterocycles. The summed E-state index contributed by atoms with van der Waals surface area (Å²) >= 11 is 0. The zero-order valence-electron chi connectivity index (χ0n) is 10.2. The van der Waals surface area contributed by atoms with Gasteiger partial charge in [-0.2, -0.15) is 5.10 Å². The molecule has 1 heterocycles. The van der Waals surface area contributed by atoms with E-state index in [0.29, 0.717) is 19.7 Å². The van der Waals surface area contributed by atoms with E-state index in [2.05, 4.69) is 10.4 Å². The first-order valence-electron chi connectivity index (χ1n) is 5.55. The van der Waals surface area contributed by atoms with Gasteiger partial charge in [0.05, 0.1) is 25.5 Å². The van der Waals surface area contributed by atoms with E-state index in [1.54, 1.807) is 13.3 Å². The van der Waals surface area contributed by atoms with Gasteiger partial charge in [0.15, 0.2) is 0 Å². The molecule has 0 aliphatic rings. The molecule has 0 aromatic carbocycles. The number of aryl methyl sites for hydroxylation is 1. The molecule has 0 saturated carbocycles. The van der Waals surface area contributed by atoms with Crippen LogP contribution in [0.5, 0.6) is 0 Å². The maximum absolute atomic E-state index is 11.5. The topological polar surface area (TPSA) is 76.4 Å². The predicted molar refractivity (Wildman–Crippen MR) is 64.0 cm³/mol. The highest BCUT2D eigenvalue weighted by Crippen LogP contribution is 1.89. The molecular formula is C11H19N3O3. The number of hydrogen-bond acceptors (Lipinski definition) is 5. The summed E-state index contributed by atoms with van der Waals surface area (Å²) < 4.78 is 6.12. The summed E-state index contributed by atoms with van der Waals surface area (Å²) in [6, 6.07) is 1.50. The molecule has 0 spiro atoms. The monoisotopic (exact) mass is 241 g/mol. The number of methoxy groups -OCH3 is 1. The lowest BCUT2D eigenvalue weighted by Gasteiger charge is -2.12. The largest absolute Gasteiger partial charge is 0.390 e. The highest BCUT2D eigenvalue weighted by Gasteiger charge is 2.06. The van der Waals surface area contributed by atoms with E-state index >= 15 is 0 Å². The van der Waals surface area contributed by atoms with Gasteiger partial charge in [-0.15, -0.1) is 0 Å². The van der Waals surface area contributed by atoms with Gasteiger partial charge in [-0.3, -0.25) is 4.79 Å². The van der Waals surface area contributed by atoms with Crippen molar-refractivity contribution in [3.63, 3.8) is 0 Å². The highest BCUT2D eigenvalue weighted by molar-refractivity contribution is 5.02. The fourth-order valence-electron chi connectivity index (χ4n) is 1.37. The number of hydrogen-bond donors (Lipinski definition) is 2. The standard InChI is InChI=1S/C11H19N3O3/c1-9-5-11(16)14(13-6-9)8-10(15)7-12-3-4-17-2/h5-6,10,12,15H,3-4,7-8H2,1-2H3. The van der Waals surface area contributed by atoms with Crippen LogP contribution in [0, 0.1) is 6.92 Å². The molecule has 0 saturated heterocycles. The molecule has 1 unspecified atom stereocenters. The lowest BCUT2D eigenvalue weighted by molar-refractivity contribution is 0.138. The van der Waals surface area contributed by atoms with Gasteiger partial charge in [0.1, 0.15) is 0 Å². The Morgan fingerprint density at radius 2 is 2.41 bits per heavy atom. The van der Waals surface area contributed by atoms with Crippen LogP contribution >= 0.6 is 0 Å². The van der Waals surface area contributed by atoms with Gasteiger partial charge in [-0.25, -0.2) is 4.68 Å². The Morgan fingerprint density at radius 1 is 1.65 bits per heavy atom. The molecule has 2 N–H and O–H groups in total. The maximum Gasteiger partial charge on any atom is 0.267 e. The van der Waals surface area contributed by atoms with Crippen LogP contribution in [0.2, 0.25) is 0 Å². The number of nitrogens with zero attached hydrogens (tertiary/aromatic N) is 2. The zero-order valence-corrected chi connectivity index (χ0v) is 10.2. The van der Waals surface area contributed by atoms with Gasteiger partial charge >= 0.3 is 0 Å². The van der Waals surface area contributed by atoms with E-state index in [4.69, 9.17) is 4.74 Å². The minimum absolute atomic E-state index is 0.194. The van der Waals surface area contributed by atoms with Gasteiger partial charge < -0.3 is 15.2 Å². The van der Waals surface area contributed by atoms with Crippen LogP contribution in [0.25, 0.3) is 0 Å². The van der Waals surface area contributed by atoms with Crippen LogP contribution in [-0.4, -0.2) is 47.8 Å². The van der Waals surface area contributed by atoms with Gasteiger partial charge in [-0.1, -0.05) is 0 Å². The second kappa shape index (κ2) is 7.16. The predicted octanol–water partition coefficient (Wildman–Crippen LogP) is -0.851. The van der Waals surface area contributed by atoms with Crippen molar-refractivity contribution in [2.45, 2.75) is 19.6 Å². The summed E-state index contributed by atoms with van der Waals surface area (Å²) in [5.41, 5.74) is 0.625. The van der Waals surface area contributed by atoms with Crippen molar-refractivity contribution in [3.8, 4) is 0 Å². The third-order valence-corrected chi connectivity index (χ3v) is 2.25. The third-order valence-electron chi connectivity index (χ3n) is 2.25. The molecule has 0 amide bonds. The van der Waals surface area contributed by atoms with Crippen molar-refractivity contribution in [1.82, 2.24) is 15.1 Å².